The monoisotopic (exact) mass is 464 g/mol. The number of carbonyl (C=O) groups is 2. The van der Waals surface area contributed by atoms with Crippen molar-refractivity contribution in [2.75, 3.05) is 0 Å². The fraction of sp³-hybridized carbons (Fsp3) is 0.364. The lowest BCUT2D eigenvalue weighted by Crippen LogP contribution is -2.52. The Labute approximate surface area is 180 Å². The average Bonchev–Trinajstić information content (AvgIpc) is 2.59. The second-order valence-corrected chi connectivity index (χ2v) is 9.16. The van der Waals surface area contributed by atoms with Crippen LogP contribution in [-0.4, -0.2) is 28.3 Å². The number of nitrogens with one attached hydrogen (secondary N) is 1. The Balaban J connectivity index is 2.27. The zero-order valence-corrected chi connectivity index (χ0v) is 19.0. The first-order chi connectivity index (χ1) is 13.1. The Morgan fingerprint density at radius 2 is 1.82 bits per heavy atom. The van der Waals surface area contributed by atoms with Crippen LogP contribution in [0, 0.1) is 0 Å². The lowest BCUT2D eigenvalue weighted by molar-refractivity contribution is -0.140. The molecular formula is C22H26BrClN2O2. The topological polar surface area (TPSA) is 49.4 Å². The van der Waals surface area contributed by atoms with Crippen LogP contribution in [0.25, 0.3) is 0 Å². The van der Waals surface area contributed by atoms with Gasteiger partial charge >= 0.3 is 0 Å². The number of benzene rings is 2. The lowest BCUT2D eigenvalue weighted by Gasteiger charge is -2.31. The molecule has 0 saturated carbocycles. The van der Waals surface area contributed by atoms with E-state index in [1.807, 2.05) is 63.2 Å². The second-order valence-electron chi connectivity index (χ2n) is 7.83. The van der Waals surface area contributed by atoms with Gasteiger partial charge in [0, 0.05) is 21.6 Å². The van der Waals surface area contributed by atoms with Gasteiger partial charge in [0.15, 0.2) is 0 Å². The predicted octanol–water partition coefficient (Wildman–Crippen LogP) is 4.98. The SMILES string of the molecule is C[C@@H](C(=O)NC(C)(C)C)N(Cc1cccc(Br)c1)C(=O)Cc1ccccc1Cl. The van der Waals surface area contributed by atoms with Gasteiger partial charge in [-0.2, -0.15) is 0 Å². The molecular weight excluding hydrogens is 440 g/mol. The minimum Gasteiger partial charge on any atom is -0.350 e. The van der Waals surface area contributed by atoms with E-state index in [1.54, 1.807) is 17.9 Å². The highest BCUT2D eigenvalue weighted by atomic mass is 79.9. The molecule has 2 amide bonds. The molecule has 0 aliphatic rings. The van der Waals surface area contributed by atoms with Gasteiger partial charge in [-0.3, -0.25) is 9.59 Å². The molecule has 0 unspecified atom stereocenters. The molecule has 4 nitrogen and oxygen atoms in total. The molecule has 6 heteroatoms. The van der Waals surface area contributed by atoms with Gasteiger partial charge in [-0.25, -0.2) is 0 Å². The summed E-state index contributed by atoms with van der Waals surface area (Å²) >= 11 is 9.68. The van der Waals surface area contributed by atoms with E-state index in [1.165, 1.54) is 0 Å². The predicted molar refractivity (Wildman–Crippen MR) is 117 cm³/mol. The van der Waals surface area contributed by atoms with Gasteiger partial charge in [0.05, 0.1) is 6.42 Å². The third-order valence-corrected chi connectivity index (χ3v) is 5.07. The second kappa shape index (κ2) is 9.57. The smallest absolute Gasteiger partial charge is 0.242 e. The summed E-state index contributed by atoms with van der Waals surface area (Å²) in [5.74, 6) is -0.334. The number of amides is 2. The molecule has 28 heavy (non-hydrogen) atoms. The maximum atomic E-state index is 13.1. The van der Waals surface area contributed by atoms with Crippen LogP contribution in [0.1, 0.15) is 38.8 Å². The lowest BCUT2D eigenvalue weighted by atomic mass is 10.1. The van der Waals surface area contributed by atoms with Crippen molar-refractivity contribution in [3.8, 4) is 0 Å². The van der Waals surface area contributed by atoms with Crippen LogP contribution in [0.5, 0.6) is 0 Å². The van der Waals surface area contributed by atoms with Crippen molar-refractivity contribution >= 4 is 39.3 Å². The molecule has 0 saturated heterocycles. The van der Waals surface area contributed by atoms with E-state index in [9.17, 15) is 9.59 Å². The summed E-state index contributed by atoms with van der Waals surface area (Å²) in [7, 11) is 0. The summed E-state index contributed by atoms with van der Waals surface area (Å²) in [6.07, 6.45) is 0.140. The van der Waals surface area contributed by atoms with Crippen molar-refractivity contribution in [2.45, 2.75) is 52.2 Å². The van der Waals surface area contributed by atoms with E-state index >= 15 is 0 Å². The molecule has 0 aromatic heterocycles. The molecule has 2 aromatic carbocycles. The van der Waals surface area contributed by atoms with Crippen molar-refractivity contribution in [1.82, 2.24) is 10.2 Å². The first-order valence-electron chi connectivity index (χ1n) is 9.16. The molecule has 0 spiro atoms. The summed E-state index contributed by atoms with van der Waals surface area (Å²) in [5, 5.41) is 3.50. The molecule has 1 N–H and O–H groups in total. The quantitative estimate of drug-likeness (QED) is 0.654. The van der Waals surface area contributed by atoms with Gasteiger partial charge in [-0.05, 0) is 57.0 Å². The Hall–Kier alpha value is -1.85. The third-order valence-electron chi connectivity index (χ3n) is 4.21. The summed E-state index contributed by atoms with van der Waals surface area (Å²) < 4.78 is 0.926. The van der Waals surface area contributed by atoms with Gasteiger partial charge in [-0.15, -0.1) is 0 Å². The number of carbonyl (C=O) groups excluding carboxylic acids is 2. The Kier molecular flexibility index (Phi) is 7.67. The standard InChI is InChI=1S/C22H26BrClN2O2/c1-15(21(28)25-22(2,3)4)26(14-16-8-7-10-18(23)12-16)20(27)13-17-9-5-6-11-19(17)24/h5-12,15H,13-14H2,1-4H3,(H,25,28)/t15-/m0/s1. The summed E-state index contributed by atoms with van der Waals surface area (Å²) in [6.45, 7) is 7.84. The molecule has 2 rings (SSSR count). The molecule has 0 aliphatic heterocycles. The number of hydrogen-bond donors (Lipinski definition) is 1. The first-order valence-corrected chi connectivity index (χ1v) is 10.3. The molecule has 0 heterocycles. The highest BCUT2D eigenvalue weighted by molar-refractivity contribution is 9.10. The van der Waals surface area contributed by atoms with Crippen LogP contribution in [-0.2, 0) is 22.6 Å². The number of halogens is 2. The van der Waals surface area contributed by atoms with Crippen molar-refractivity contribution in [3.63, 3.8) is 0 Å². The minimum atomic E-state index is -0.617. The Morgan fingerprint density at radius 1 is 1.14 bits per heavy atom. The van der Waals surface area contributed by atoms with Crippen LogP contribution in [0.3, 0.4) is 0 Å². The number of hydrogen-bond acceptors (Lipinski definition) is 2. The zero-order valence-electron chi connectivity index (χ0n) is 16.6. The molecule has 0 aliphatic carbocycles. The largest absolute Gasteiger partial charge is 0.350 e. The maximum absolute atomic E-state index is 13.1. The van der Waals surface area contributed by atoms with Crippen molar-refractivity contribution < 1.29 is 9.59 Å². The van der Waals surface area contributed by atoms with Crippen molar-refractivity contribution in [3.05, 3.63) is 69.2 Å². The van der Waals surface area contributed by atoms with E-state index in [0.29, 0.717) is 11.6 Å². The summed E-state index contributed by atoms with van der Waals surface area (Å²) in [4.78, 5) is 27.5. The van der Waals surface area contributed by atoms with Crippen LogP contribution < -0.4 is 5.32 Å². The molecule has 0 radical (unpaired) electrons. The molecule has 1 atom stereocenters. The molecule has 2 aromatic rings. The highest BCUT2D eigenvalue weighted by Crippen LogP contribution is 2.20. The number of nitrogens with zero attached hydrogens (tertiary/aromatic N) is 1. The number of rotatable bonds is 6. The van der Waals surface area contributed by atoms with Gasteiger partial charge < -0.3 is 10.2 Å². The summed E-state index contributed by atoms with van der Waals surface area (Å²) in [5.41, 5.74) is 1.31. The molecule has 0 bridgehead atoms. The zero-order chi connectivity index (χ0) is 20.9. The van der Waals surface area contributed by atoms with Crippen LogP contribution in [0.4, 0.5) is 0 Å². The van der Waals surface area contributed by atoms with Crippen LogP contribution >= 0.6 is 27.5 Å². The van der Waals surface area contributed by atoms with Crippen LogP contribution in [0.2, 0.25) is 5.02 Å². The van der Waals surface area contributed by atoms with E-state index in [-0.39, 0.29) is 23.8 Å². The third kappa shape index (κ3) is 6.64. The minimum absolute atomic E-state index is 0.140. The average molecular weight is 466 g/mol. The Morgan fingerprint density at radius 3 is 2.43 bits per heavy atom. The van der Waals surface area contributed by atoms with E-state index in [0.717, 1.165) is 15.6 Å². The highest BCUT2D eigenvalue weighted by Gasteiger charge is 2.28. The fourth-order valence-corrected chi connectivity index (χ4v) is 3.44. The van der Waals surface area contributed by atoms with Crippen molar-refractivity contribution in [1.29, 1.82) is 0 Å². The molecule has 150 valence electrons. The van der Waals surface area contributed by atoms with Crippen LogP contribution in [0.15, 0.2) is 53.0 Å². The van der Waals surface area contributed by atoms with E-state index < -0.39 is 6.04 Å². The van der Waals surface area contributed by atoms with E-state index in [2.05, 4.69) is 21.2 Å². The first kappa shape index (κ1) is 22.4. The van der Waals surface area contributed by atoms with Gasteiger partial charge in [-0.1, -0.05) is 57.9 Å². The molecule has 0 fully saturated rings. The summed E-state index contributed by atoms with van der Waals surface area (Å²) in [6, 6.07) is 14.4. The van der Waals surface area contributed by atoms with Crippen molar-refractivity contribution in [2.24, 2.45) is 0 Å². The van der Waals surface area contributed by atoms with Gasteiger partial charge in [0.2, 0.25) is 11.8 Å². The normalized spacial score (nSPS) is 12.4. The van der Waals surface area contributed by atoms with E-state index in [4.69, 9.17) is 11.6 Å². The Bertz CT molecular complexity index is 848. The van der Waals surface area contributed by atoms with Gasteiger partial charge in [0.1, 0.15) is 6.04 Å². The van der Waals surface area contributed by atoms with Gasteiger partial charge in [0.25, 0.3) is 0 Å². The fourth-order valence-electron chi connectivity index (χ4n) is 2.79. The maximum Gasteiger partial charge on any atom is 0.242 e.